The molecule has 0 amide bonds. The van der Waals surface area contributed by atoms with E-state index < -0.39 is 0 Å². The fraction of sp³-hybridized carbons (Fsp3) is 0.0769. The lowest BCUT2D eigenvalue weighted by molar-refractivity contribution is 0.979. The van der Waals surface area contributed by atoms with Gasteiger partial charge < -0.3 is 10.7 Å². The third kappa shape index (κ3) is 2.09. The zero-order valence-corrected chi connectivity index (χ0v) is 10.00. The number of nitrogens with zero attached hydrogens (tertiary/aromatic N) is 3. The highest BCUT2D eigenvalue weighted by Gasteiger charge is 2.05. The molecule has 0 aliphatic carbocycles. The van der Waals surface area contributed by atoms with Crippen LogP contribution in [0.15, 0.2) is 41.6 Å². The van der Waals surface area contributed by atoms with Crippen LogP contribution in [0.2, 0.25) is 0 Å². The minimum atomic E-state index is -0.216. The van der Waals surface area contributed by atoms with E-state index in [-0.39, 0.29) is 12.1 Å². The third-order valence-corrected chi connectivity index (χ3v) is 2.84. The number of nitrogens with two attached hydrogens (primary N) is 1. The molecule has 0 spiro atoms. The molecule has 0 aliphatic rings. The standard InChI is InChI=1S/C13H11N5O/c14-6-9-7-17-12(18-13(9)19)8-1-2-10-11(5-8)16-4-3-15-10/h1-5,7H,6,14H2,(H,17,18,19). The van der Waals surface area contributed by atoms with Gasteiger partial charge in [0.15, 0.2) is 0 Å². The number of benzene rings is 1. The Bertz CT molecular complexity index is 796. The van der Waals surface area contributed by atoms with E-state index in [2.05, 4.69) is 19.9 Å². The van der Waals surface area contributed by atoms with Gasteiger partial charge in [-0.15, -0.1) is 0 Å². The van der Waals surface area contributed by atoms with Gasteiger partial charge in [0.05, 0.1) is 11.0 Å². The highest BCUT2D eigenvalue weighted by atomic mass is 16.1. The van der Waals surface area contributed by atoms with Crippen LogP contribution in [0.5, 0.6) is 0 Å². The molecule has 2 heterocycles. The molecule has 0 saturated heterocycles. The monoisotopic (exact) mass is 253 g/mol. The van der Waals surface area contributed by atoms with Crippen molar-refractivity contribution in [1.82, 2.24) is 19.9 Å². The number of H-pyrrole nitrogens is 1. The molecule has 1 aromatic carbocycles. The smallest absolute Gasteiger partial charge is 0.255 e. The molecule has 3 N–H and O–H groups in total. The maximum Gasteiger partial charge on any atom is 0.255 e. The molecule has 94 valence electrons. The molecule has 0 unspecified atom stereocenters. The van der Waals surface area contributed by atoms with Crippen molar-refractivity contribution in [2.24, 2.45) is 5.73 Å². The first-order valence-electron chi connectivity index (χ1n) is 5.77. The van der Waals surface area contributed by atoms with Crippen molar-refractivity contribution in [3.05, 3.63) is 52.7 Å². The van der Waals surface area contributed by atoms with Crippen molar-refractivity contribution >= 4 is 11.0 Å². The van der Waals surface area contributed by atoms with Crippen molar-refractivity contribution in [3.8, 4) is 11.4 Å². The van der Waals surface area contributed by atoms with Gasteiger partial charge in [0, 0.05) is 36.3 Å². The minimum absolute atomic E-state index is 0.172. The molecule has 3 rings (SSSR count). The van der Waals surface area contributed by atoms with Crippen LogP contribution in [-0.4, -0.2) is 19.9 Å². The second-order valence-corrected chi connectivity index (χ2v) is 4.05. The summed E-state index contributed by atoms with van der Waals surface area (Å²) in [6, 6.07) is 5.52. The molecule has 3 aromatic rings. The van der Waals surface area contributed by atoms with Gasteiger partial charge >= 0.3 is 0 Å². The van der Waals surface area contributed by atoms with Crippen LogP contribution in [0.4, 0.5) is 0 Å². The summed E-state index contributed by atoms with van der Waals surface area (Å²) < 4.78 is 0. The summed E-state index contributed by atoms with van der Waals surface area (Å²) in [5, 5.41) is 0. The summed E-state index contributed by atoms with van der Waals surface area (Å²) >= 11 is 0. The van der Waals surface area contributed by atoms with Crippen LogP contribution in [0.3, 0.4) is 0 Å². The van der Waals surface area contributed by atoms with Crippen molar-refractivity contribution < 1.29 is 0 Å². The van der Waals surface area contributed by atoms with Crippen LogP contribution in [0.25, 0.3) is 22.4 Å². The number of hydrogen-bond acceptors (Lipinski definition) is 5. The molecule has 0 radical (unpaired) electrons. The highest BCUT2D eigenvalue weighted by molar-refractivity contribution is 5.79. The van der Waals surface area contributed by atoms with Crippen molar-refractivity contribution in [3.63, 3.8) is 0 Å². The zero-order chi connectivity index (χ0) is 13.2. The summed E-state index contributed by atoms with van der Waals surface area (Å²) in [5.41, 5.74) is 8.02. The molecule has 0 atom stereocenters. The number of aromatic nitrogens is 4. The number of aromatic amines is 1. The number of rotatable bonds is 2. The molecular weight excluding hydrogens is 242 g/mol. The molecule has 2 aromatic heterocycles. The Hall–Kier alpha value is -2.60. The Morgan fingerprint density at radius 2 is 1.89 bits per heavy atom. The largest absolute Gasteiger partial charge is 0.326 e. The molecule has 6 heteroatoms. The predicted molar refractivity (Wildman–Crippen MR) is 71.3 cm³/mol. The number of nitrogens with one attached hydrogen (secondary N) is 1. The minimum Gasteiger partial charge on any atom is -0.326 e. The average Bonchev–Trinajstić information content (AvgIpc) is 2.46. The summed E-state index contributed by atoms with van der Waals surface area (Å²) in [6.45, 7) is 0.172. The lowest BCUT2D eigenvalue weighted by Gasteiger charge is -2.03. The quantitative estimate of drug-likeness (QED) is 0.705. The lowest BCUT2D eigenvalue weighted by Crippen LogP contribution is -2.17. The first-order valence-corrected chi connectivity index (χ1v) is 5.77. The van der Waals surface area contributed by atoms with Gasteiger partial charge in [-0.05, 0) is 18.2 Å². The SMILES string of the molecule is NCc1cnc(-c2ccc3nccnc3c2)[nH]c1=O. The van der Waals surface area contributed by atoms with Gasteiger partial charge in [-0.3, -0.25) is 14.8 Å². The molecule has 0 bridgehead atoms. The van der Waals surface area contributed by atoms with Gasteiger partial charge in [-0.2, -0.15) is 0 Å². The topological polar surface area (TPSA) is 97.5 Å². The number of fused-ring (bicyclic) bond motifs is 1. The van der Waals surface area contributed by atoms with E-state index in [0.29, 0.717) is 11.4 Å². The van der Waals surface area contributed by atoms with E-state index >= 15 is 0 Å². The Kier molecular flexibility index (Phi) is 2.77. The van der Waals surface area contributed by atoms with Crippen LogP contribution in [0.1, 0.15) is 5.56 Å². The summed E-state index contributed by atoms with van der Waals surface area (Å²) in [4.78, 5) is 27.0. The summed E-state index contributed by atoms with van der Waals surface area (Å²) in [5.74, 6) is 0.495. The summed E-state index contributed by atoms with van der Waals surface area (Å²) in [6.07, 6.45) is 4.76. The fourth-order valence-corrected chi connectivity index (χ4v) is 1.82. The molecule has 0 fully saturated rings. The van der Waals surface area contributed by atoms with Crippen LogP contribution in [0, 0.1) is 0 Å². The van der Waals surface area contributed by atoms with Gasteiger partial charge in [-0.1, -0.05) is 0 Å². The Morgan fingerprint density at radius 3 is 2.63 bits per heavy atom. The van der Waals surface area contributed by atoms with Gasteiger partial charge in [0.25, 0.3) is 5.56 Å². The van der Waals surface area contributed by atoms with E-state index in [1.807, 2.05) is 18.2 Å². The normalized spacial score (nSPS) is 10.8. The molecular formula is C13H11N5O. The van der Waals surface area contributed by atoms with Crippen LogP contribution in [-0.2, 0) is 6.54 Å². The van der Waals surface area contributed by atoms with E-state index in [4.69, 9.17) is 5.73 Å². The van der Waals surface area contributed by atoms with Gasteiger partial charge in [0.1, 0.15) is 5.82 Å². The van der Waals surface area contributed by atoms with Crippen LogP contribution < -0.4 is 11.3 Å². The average molecular weight is 253 g/mol. The van der Waals surface area contributed by atoms with Crippen molar-refractivity contribution in [2.75, 3.05) is 0 Å². The van der Waals surface area contributed by atoms with E-state index in [0.717, 1.165) is 16.6 Å². The first-order chi connectivity index (χ1) is 9.28. The lowest BCUT2D eigenvalue weighted by atomic mass is 10.2. The van der Waals surface area contributed by atoms with E-state index in [9.17, 15) is 4.79 Å². The Balaban J connectivity index is 2.13. The van der Waals surface area contributed by atoms with Gasteiger partial charge in [-0.25, -0.2) is 4.98 Å². The van der Waals surface area contributed by atoms with Gasteiger partial charge in [0.2, 0.25) is 0 Å². The van der Waals surface area contributed by atoms with E-state index in [1.54, 1.807) is 12.4 Å². The first kappa shape index (κ1) is 11.5. The predicted octanol–water partition coefficient (Wildman–Crippen LogP) is 0.839. The second-order valence-electron chi connectivity index (χ2n) is 4.05. The maximum absolute atomic E-state index is 11.7. The molecule has 0 aliphatic heterocycles. The molecule has 6 nitrogen and oxygen atoms in total. The summed E-state index contributed by atoms with van der Waals surface area (Å²) in [7, 11) is 0. The molecule has 0 saturated carbocycles. The van der Waals surface area contributed by atoms with Crippen LogP contribution >= 0.6 is 0 Å². The van der Waals surface area contributed by atoms with Crippen molar-refractivity contribution in [2.45, 2.75) is 6.54 Å². The third-order valence-electron chi connectivity index (χ3n) is 2.84. The zero-order valence-electron chi connectivity index (χ0n) is 10.00. The fourth-order valence-electron chi connectivity index (χ4n) is 1.82. The Labute approximate surface area is 108 Å². The van der Waals surface area contributed by atoms with Crippen molar-refractivity contribution in [1.29, 1.82) is 0 Å². The van der Waals surface area contributed by atoms with E-state index in [1.165, 1.54) is 6.20 Å². The number of hydrogen-bond donors (Lipinski definition) is 2. The maximum atomic E-state index is 11.7. The molecule has 19 heavy (non-hydrogen) atoms. The second kappa shape index (κ2) is 4.58. The Morgan fingerprint density at radius 1 is 1.11 bits per heavy atom. The highest BCUT2D eigenvalue weighted by Crippen LogP contribution is 2.18.